The fourth-order valence-electron chi connectivity index (χ4n) is 4.10. The van der Waals surface area contributed by atoms with Gasteiger partial charge >= 0.3 is 0 Å². The van der Waals surface area contributed by atoms with Crippen molar-refractivity contribution in [2.24, 2.45) is 0 Å². The molecule has 0 aliphatic rings. The van der Waals surface area contributed by atoms with Crippen LogP contribution in [0.5, 0.6) is 0 Å². The Morgan fingerprint density at radius 1 is 0.900 bits per heavy atom. The maximum absolute atomic E-state index is 14.0. The van der Waals surface area contributed by atoms with E-state index in [0.29, 0.717) is 0 Å². The highest BCUT2D eigenvalue weighted by Crippen LogP contribution is 2.30. The van der Waals surface area contributed by atoms with Crippen molar-refractivity contribution in [2.75, 3.05) is 10.8 Å². The highest BCUT2D eigenvalue weighted by Gasteiger charge is 2.33. The molecule has 214 valence electrons. The summed E-state index contributed by atoms with van der Waals surface area (Å²) in [6.07, 6.45) is 0.725. The Balaban J connectivity index is 2.06. The maximum Gasteiger partial charge on any atom is 0.264 e. The van der Waals surface area contributed by atoms with Gasteiger partial charge < -0.3 is 10.2 Å². The molecule has 40 heavy (non-hydrogen) atoms. The van der Waals surface area contributed by atoms with Gasteiger partial charge in [0, 0.05) is 22.6 Å². The van der Waals surface area contributed by atoms with Crippen LogP contribution in [0.3, 0.4) is 0 Å². The largest absolute Gasteiger partial charge is 0.352 e. The molecule has 0 fully saturated rings. The molecular formula is C30H35Cl2N3O4S. The summed E-state index contributed by atoms with van der Waals surface area (Å²) in [4.78, 5) is 28.5. The highest BCUT2D eigenvalue weighted by molar-refractivity contribution is 7.92. The van der Waals surface area contributed by atoms with Crippen LogP contribution >= 0.6 is 23.2 Å². The molecule has 0 bridgehead atoms. The Morgan fingerprint density at radius 3 is 2.10 bits per heavy atom. The van der Waals surface area contributed by atoms with Crippen molar-refractivity contribution in [2.45, 2.75) is 64.6 Å². The third-order valence-corrected chi connectivity index (χ3v) is 8.85. The van der Waals surface area contributed by atoms with E-state index in [0.717, 1.165) is 27.4 Å². The van der Waals surface area contributed by atoms with Gasteiger partial charge in [0.15, 0.2) is 0 Å². The third kappa shape index (κ3) is 7.99. The van der Waals surface area contributed by atoms with Gasteiger partial charge in [0.2, 0.25) is 11.8 Å². The van der Waals surface area contributed by atoms with E-state index in [1.807, 2.05) is 52.0 Å². The molecule has 0 radical (unpaired) electrons. The number of halogens is 2. The average Bonchev–Trinajstić information content (AvgIpc) is 2.89. The summed E-state index contributed by atoms with van der Waals surface area (Å²) in [6.45, 7) is 8.81. The minimum atomic E-state index is -4.21. The Hall–Kier alpha value is -3.07. The first kappa shape index (κ1) is 31.5. The maximum atomic E-state index is 14.0. The number of hydrogen-bond acceptors (Lipinski definition) is 4. The van der Waals surface area contributed by atoms with E-state index in [2.05, 4.69) is 5.32 Å². The molecule has 3 aromatic rings. The van der Waals surface area contributed by atoms with Gasteiger partial charge in [-0.05, 0) is 70.0 Å². The molecule has 2 amide bonds. The van der Waals surface area contributed by atoms with Gasteiger partial charge in [-0.15, -0.1) is 0 Å². The van der Waals surface area contributed by atoms with E-state index >= 15 is 0 Å². The summed E-state index contributed by atoms with van der Waals surface area (Å²) in [5.74, 6) is -0.880. The van der Waals surface area contributed by atoms with Crippen LogP contribution in [0.4, 0.5) is 5.69 Å². The molecule has 3 aromatic carbocycles. The summed E-state index contributed by atoms with van der Waals surface area (Å²) >= 11 is 12.5. The van der Waals surface area contributed by atoms with Crippen molar-refractivity contribution in [1.82, 2.24) is 10.2 Å². The second-order valence-electron chi connectivity index (χ2n) is 9.96. The molecule has 0 aliphatic heterocycles. The molecule has 0 saturated carbocycles. The lowest BCUT2D eigenvalue weighted by molar-refractivity contribution is -0.139. The van der Waals surface area contributed by atoms with Crippen LogP contribution in [-0.2, 0) is 26.2 Å². The molecule has 7 nitrogen and oxygen atoms in total. The topological polar surface area (TPSA) is 86.8 Å². The molecule has 0 heterocycles. The Bertz CT molecular complexity index is 1440. The molecule has 0 aromatic heterocycles. The summed E-state index contributed by atoms with van der Waals surface area (Å²) in [7, 11) is -4.21. The normalized spacial score (nSPS) is 12.9. The second-order valence-corrected chi connectivity index (χ2v) is 12.7. The number of carbonyl (C=O) groups excluding carboxylic acids is 2. The monoisotopic (exact) mass is 603 g/mol. The number of carbonyl (C=O) groups is 2. The van der Waals surface area contributed by atoms with Crippen LogP contribution < -0.4 is 9.62 Å². The van der Waals surface area contributed by atoms with Gasteiger partial charge in [-0.3, -0.25) is 13.9 Å². The van der Waals surface area contributed by atoms with Crippen molar-refractivity contribution in [3.05, 3.63) is 93.5 Å². The zero-order valence-electron chi connectivity index (χ0n) is 23.3. The van der Waals surface area contributed by atoms with Gasteiger partial charge in [-0.2, -0.15) is 0 Å². The number of anilines is 1. The highest BCUT2D eigenvalue weighted by atomic mass is 35.5. The van der Waals surface area contributed by atoms with E-state index in [1.54, 1.807) is 19.1 Å². The van der Waals surface area contributed by atoms with Gasteiger partial charge in [0.25, 0.3) is 10.0 Å². The van der Waals surface area contributed by atoms with Crippen molar-refractivity contribution in [3.8, 4) is 0 Å². The molecule has 0 saturated heterocycles. The number of aryl methyl sites for hydroxylation is 2. The number of sulfonamides is 1. The predicted octanol–water partition coefficient (Wildman–Crippen LogP) is 6.14. The molecule has 1 N–H and O–H groups in total. The summed E-state index contributed by atoms with van der Waals surface area (Å²) < 4.78 is 28.8. The minimum Gasteiger partial charge on any atom is -0.352 e. The molecule has 10 heteroatoms. The zero-order valence-corrected chi connectivity index (χ0v) is 25.6. The summed E-state index contributed by atoms with van der Waals surface area (Å²) in [5.41, 5.74) is 2.84. The lowest BCUT2D eigenvalue weighted by atomic mass is 10.1. The van der Waals surface area contributed by atoms with Gasteiger partial charge in [0.1, 0.15) is 12.6 Å². The lowest BCUT2D eigenvalue weighted by Crippen LogP contribution is -2.52. The predicted molar refractivity (Wildman–Crippen MR) is 161 cm³/mol. The van der Waals surface area contributed by atoms with E-state index in [1.165, 1.54) is 35.2 Å². The first-order chi connectivity index (χ1) is 18.8. The number of rotatable bonds is 11. The number of amides is 2. The van der Waals surface area contributed by atoms with Crippen LogP contribution in [0, 0.1) is 13.8 Å². The molecule has 0 unspecified atom stereocenters. The van der Waals surface area contributed by atoms with E-state index < -0.39 is 28.5 Å². The second kappa shape index (κ2) is 13.5. The lowest BCUT2D eigenvalue weighted by Gasteiger charge is -2.32. The number of benzene rings is 3. The van der Waals surface area contributed by atoms with Crippen LogP contribution in [0.1, 0.15) is 43.9 Å². The standard InChI is InChI=1S/C30H35Cl2N3O4S/c1-6-22(4)33-30(37)23(5)34(18-24-9-7-8-21(3)14-24)29(36)19-35(27-16-25(31)15-26(32)17-27)40(38,39)28-12-10-20(2)11-13-28/h7-17,22-23H,6,18-19H2,1-5H3,(H,33,37)/t22-,23+/m0/s1. The molecular weight excluding hydrogens is 569 g/mol. The third-order valence-electron chi connectivity index (χ3n) is 6.63. The smallest absolute Gasteiger partial charge is 0.264 e. The van der Waals surface area contributed by atoms with E-state index in [9.17, 15) is 18.0 Å². The van der Waals surface area contributed by atoms with Crippen LogP contribution in [0.2, 0.25) is 10.0 Å². The van der Waals surface area contributed by atoms with Crippen molar-refractivity contribution in [3.63, 3.8) is 0 Å². The summed E-state index contributed by atoms with van der Waals surface area (Å²) in [6, 6.07) is 17.4. The van der Waals surface area contributed by atoms with Crippen molar-refractivity contribution < 1.29 is 18.0 Å². The summed E-state index contributed by atoms with van der Waals surface area (Å²) in [5, 5.41) is 3.36. The van der Waals surface area contributed by atoms with Crippen LogP contribution in [-0.4, -0.2) is 43.8 Å². The fraction of sp³-hybridized carbons (Fsp3) is 0.333. The Labute approximate surface area is 247 Å². The van der Waals surface area contributed by atoms with Gasteiger partial charge in [-0.1, -0.05) is 77.7 Å². The Morgan fingerprint density at radius 2 is 1.52 bits per heavy atom. The van der Waals surface area contributed by atoms with E-state index in [4.69, 9.17) is 23.2 Å². The van der Waals surface area contributed by atoms with Crippen LogP contribution in [0.25, 0.3) is 0 Å². The molecule has 2 atom stereocenters. The Kier molecular flexibility index (Phi) is 10.6. The number of hydrogen-bond donors (Lipinski definition) is 1. The number of nitrogens with one attached hydrogen (secondary N) is 1. The van der Waals surface area contributed by atoms with Crippen molar-refractivity contribution in [1.29, 1.82) is 0 Å². The first-order valence-corrected chi connectivity index (χ1v) is 15.2. The van der Waals surface area contributed by atoms with Gasteiger partial charge in [-0.25, -0.2) is 8.42 Å². The first-order valence-electron chi connectivity index (χ1n) is 13.0. The van der Waals surface area contributed by atoms with Crippen LogP contribution in [0.15, 0.2) is 71.6 Å². The van der Waals surface area contributed by atoms with Crippen molar-refractivity contribution >= 4 is 50.7 Å². The minimum absolute atomic E-state index is 0.00907. The average molecular weight is 605 g/mol. The molecule has 3 rings (SSSR count). The number of nitrogens with zero attached hydrogens (tertiary/aromatic N) is 2. The fourth-order valence-corrected chi connectivity index (χ4v) is 6.02. The SMILES string of the molecule is CC[C@H](C)NC(=O)[C@@H](C)N(Cc1cccc(C)c1)C(=O)CN(c1cc(Cl)cc(Cl)c1)S(=O)(=O)c1ccc(C)cc1. The molecule has 0 spiro atoms. The quantitative estimate of drug-likeness (QED) is 0.285. The van der Waals surface area contributed by atoms with E-state index in [-0.39, 0.29) is 39.1 Å². The zero-order chi connectivity index (χ0) is 29.6. The van der Waals surface area contributed by atoms with Gasteiger partial charge in [0.05, 0.1) is 10.6 Å². The molecule has 0 aliphatic carbocycles.